The zero-order chi connectivity index (χ0) is 14.9. The lowest BCUT2D eigenvalue weighted by atomic mass is 10.2. The minimum Gasteiger partial charge on any atom is -0.330 e. The molecular formula is C16H32N4O. The van der Waals surface area contributed by atoms with Crippen molar-refractivity contribution < 1.29 is 4.79 Å². The molecule has 0 aromatic heterocycles. The van der Waals surface area contributed by atoms with Crippen LogP contribution in [0.2, 0.25) is 0 Å². The molecule has 2 aliphatic heterocycles. The lowest BCUT2D eigenvalue weighted by molar-refractivity contribution is 0.155. The Bertz CT molecular complexity index is 303. The Balaban J connectivity index is 1.77. The van der Waals surface area contributed by atoms with Crippen molar-refractivity contribution in [3.05, 3.63) is 0 Å². The van der Waals surface area contributed by atoms with Crippen molar-refractivity contribution in [2.75, 3.05) is 52.4 Å². The highest BCUT2D eigenvalue weighted by atomic mass is 16.2. The fourth-order valence-corrected chi connectivity index (χ4v) is 3.33. The number of carbonyl (C=O) groups excluding carboxylic acids is 1. The van der Waals surface area contributed by atoms with E-state index in [9.17, 15) is 4.79 Å². The van der Waals surface area contributed by atoms with E-state index in [1.807, 2.05) is 0 Å². The molecule has 2 rings (SSSR count). The topological polar surface area (TPSA) is 52.8 Å². The SMILES string of the molecule is NCCCCN1CCCN(C(=O)N2CCCCCC2)CC1. The first-order chi connectivity index (χ1) is 10.3. The van der Waals surface area contributed by atoms with Gasteiger partial charge in [-0.15, -0.1) is 0 Å². The highest BCUT2D eigenvalue weighted by Gasteiger charge is 2.23. The molecule has 2 amide bonds. The minimum absolute atomic E-state index is 0.278. The molecule has 0 aliphatic carbocycles. The number of urea groups is 1. The summed E-state index contributed by atoms with van der Waals surface area (Å²) in [5.41, 5.74) is 5.56. The van der Waals surface area contributed by atoms with Crippen molar-refractivity contribution in [1.82, 2.24) is 14.7 Å². The van der Waals surface area contributed by atoms with Gasteiger partial charge in [0.1, 0.15) is 0 Å². The quantitative estimate of drug-likeness (QED) is 0.804. The minimum atomic E-state index is 0.278. The number of amides is 2. The Kier molecular flexibility index (Phi) is 7.30. The first kappa shape index (κ1) is 16.6. The van der Waals surface area contributed by atoms with Gasteiger partial charge in [-0.25, -0.2) is 4.79 Å². The van der Waals surface area contributed by atoms with Crippen molar-refractivity contribution in [3.8, 4) is 0 Å². The first-order valence-electron chi connectivity index (χ1n) is 8.77. The van der Waals surface area contributed by atoms with Crippen molar-refractivity contribution >= 4 is 6.03 Å². The Hall–Kier alpha value is -0.810. The van der Waals surface area contributed by atoms with Crippen LogP contribution in [0.5, 0.6) is 0 Å². The summed E-state index contributed by atoms with van der Waals surface area (Å²) in [7, 11) is 0. The molecule has 0 aromatic carbocycles. The van der Waals surface area contributed by atoms with Crippen LogP contribution in [0.1, 0.15) is 44.9 Å². The predicted octanol–water partition coefficient (Wildman–Crippen LogP) is 1.73. The van der Waals surface area contributed by atoms with Gasteiger partial charge in [-0.05, 0) is 51.7 Å². The zero-order valence-electron chi connectivity index (χ0n) is 13.4. The molecule has 0 atom stereocenters. The number of nitrogens with two attached hydrogens (primary N) is 1. The molecule has 0 saturated carbocycles. The summed E-state index contributed by atoms with van der Waals surface area (Å²) in [5.74, 6) is 0. The maximum absolute atomic E-state index is 12.6. The highest BCUT2D eigenvalue weighted by molar-refractivity contribution is 5.74. The van der Waals surface area contributed by atoms with Crippen LogP contribution in [0, 0.1) is 0 Å². The third kappa shape index (κ3) is 5.47. The van der Waals surface area contributed by atoms with Crippen LogP contribution in [0.25, 0.3) is 0 Å². The van der Waals surface area contributed by atoms with E-state index in [1.165, 1.54) is 32.1 Å². The van der Waals surface area contributed by atoms with E-state index in [4.69, 9.17) is 5.73 Å². The van der Waals surface area contributed by atoms with Crippen molar-refractivity contribution in [2.24, 2.45) is 5.73 Å². The van der Waals surface area contributed by atoms with Crippen molar-refractivity contribution in [2.45, 2.75) is 44.9 Å². The highest BCUT2D eigenvalue weighted by Crippen LogP contribution is 2.13. The molecule has 5 nitrogen and oxygen atoms in total. The number of likely N-dealkylation sites (tertiary alicyclic amines) is 1. The normalized spacial score (nSPS) is 22.0. The van der Waals surface area contributed by atoms with Crippen molar-refractivity contribution in [1.29, 1.82) is 0 Å². The molecule has 0 radical (unpaired) electrons. The molecule has 21 heavy (non-hydrogen) atoms. The third-order valence-electron chi connectivity index (χ3n) is 4.66. The molecule has 0 bridgehead atoms. The van der Waals surface area contributed by atoms with Gasteiger partial charge in [-0.1, -0.05) is 12.8 Å². The average Bonchev–Trinajstić information content (AvgIpc) is 2.90. The second kappa shape index (κ2) is 9.26. The largest absolute Gasteiger partial charge is 0.330 e. The monoisotopic (exact) mass is 296 g/mol. The summed E-state index contributed by atoms with van der Waals surface area (Å²) < 4.78 is 0. The summed E-state index contributed by atoms with van der Waals surface area (Å²) in [6.07, 6.45) is 8.28. The summed E-state index contributed by atoms with van der Waals surface area (Å²) in [4.78, 5) is 19.3. The van der Waals surface area contributed by atoms with Gasteiger partial charge in [-0.3, -0.25) is 0 Å². The number of nitrogens with zero attached hydrogens (tertiary/aromatic N) is 3. The summed E-state index contributed by atoms with van der Waals surface area (Å²) >= 11 is 0. The second-order valence-corrected chi connectivity index (χ2v) is 6.36. The van der Waals surface area contributed by atoms with Gasteiger partial charge in [0.25, 0.3) is 0 Å². The molecule has 0 aromatic rings. The van der Waals surface area contributed by atoms with Gasteiger partial charge in [0, 0.05) is 32.7 Å². The molecule has 2 N–H and O–H groups in total. The molecule has 2 aliphatic rings. The first-order valence-corrected chi connectivity index (χ1v) is 8.77. The number of unbranched alkanes of at least 4 members (excludes halogenated alkanes) is 1. The van der Waals surface area contributed by atoms with E-state index in [-0.39, 0.29) is 6.03 Å². The van der Waals surface area contributed by atoms with Crippen LogP contribution in [0.4, 0.5) is 4.79 Å². The summed E-state index contributed by atoms with van der Waals surface area (Å²) in [6, 6.07) is 0.278. The van der Waals surface area contributed by atoms with E-state index in [0.29, 0.717) is 0 Å². The van der Waals surface area contributed by atoms with Crippen LogP contribution in [0.3, 0.4) is 0 Å². The lowest BCUT2D eigenvalue weighted by Gasteiger charge is -2.29. The van der Waals surface area contributed by atoms with Gasteiger partial charge in [0.2, 0.25) is 0 Å². The summed E-state index contributed by atoms with van der Waals surface area (Å²) in [6.45, 7) is 7.76. The smallest absolute Gasteiger partial charge is 0.320 e. The Morgan fingerprint density at radius 2 is 1.43 bits per heavy atom. The molecule has 2 fully saturated rings. The van der Waals surface area contributed by atoms with Gasteiger partial charge in [0.15, 0.2) is 0 Å². The molecule has 122 valence electrons. The fourth-order valence-electron chi connectivity index (χ4n) is 3.33. The second-order valence-electron chi connectivity index (χ2n) is 6.36. The maximum atomic E-state index is 12.6. The molecule has 5 heteroatoms. The van der Waals surface area contributed by atoms with E-state index >= 15 is 0 Å². The number of rotatable bonds is 4. The number of hydrogen-bond donors (Lipinski definition) is 1. The van der Waals surface area contributed by atoms with E-state index in [2.05, 4.69) is 14.7 Å². The third-order valence-corrected chi connectivity index (χ3v) is 4.66. The van der Waals surface area contributed by atoms with Crippen molar-refractivity contribution in [3.63, 3.8) is 0 Å². The van der Waals surface area contributed by atoms with Crippen LogP contribution < -0.4 is 5.73 Å². The van der Waals surface area contributed by atoms with Crippen LogP contribution in [-0.4, -0.2) is 73.1 Å². The zero-order valence-corrected chi connectivity index (χ0v) is 13.4. The molecule has 2 saturated heterocycles. The molecule has 0 spiro atoms. The van der Waals surface area contributed by atoms with Crippen LogP contribution in [0.15, 0.2) is 0 Å². The van der Waals surface area contributed by atoms with Gasteiger partial charge in [0.05, 0.1) is 0 Å². The van der Waals surface area contributed by atoms with Gasteiger partial charge >= 0.3 is 6.03 Å². The Labute approximate surface area is 129 Å². The molecule has 2 heterocycles. The molecule has 0 unspecified atom stereocenters. The maximum Gasteiger partial charge on any atom is 0.320 e. The van der Waals surface area contributed by atoms with Crippen LogP contribution in [-0.2, 0) is 0 Å². The number of hydrogen-bond acceptors (Lipinski definition) is 3. The van der Waals surface area contributed by atoms with E-state index < -0.39 is 0 Å². The standard InChI is InChI=1S/C16H32N4O/c17-8-3-6-9-18-10-7-13-20(15-14-18)16(21)19-11-4-1-2-5-12-19/h1-15,17H2. The average molecular weight is 296 g/mol. The lowest BCUT2D eigenvalue weighted by Crippen LogP contribution is -2.45. The van der Waals surface area contributed by atoms with Gasteiger partial charge in [-0.2, -0.15) is 0 Å². The molecular weight excluding hydrogens is 264 g/mol. The van der Waals surface area contributed by atoms with E-state index in [0.717, 1.165) is 65.2 Å². The summed E-state index contributed by atoms with van der Waals surface area (Å²) in [5, 5.41) is 0. The Morgan fingerprint density at radius 1 is 0.762 bits per heavy atom. The van der Waals surface area contributed by atoms with E-state index in [1.54, 1.807) is 0 Å². The number of carbonyl (C=O) groups is 1. The fraction of sp³-hybridized carbons (Fsp3) is 0.938. The van der Waals surface area contributed by atoms with Gasteiger partial charge < -0.3 is 20.4 Å². The van der Waals surface area contributed by atoms with Crippen LogP contribution >= 0.6 is 0 Å². The Morgan fingerprint density at radius 3 is 2.14 bits per heavy atom. The predicted molar refractivity (Wildman–Crippen MR) is 86.4 cm³/mol.